The zero-order valence-corrected chi connectivity index (χ0v) is 10.5. The first-order chi connectivity index (χ1) is 7.27. The zero-order chi connectivity index (χ0) is 10.7. The van der Waals surface area contributed by atoms with Crippen molar-refractivity contribution in [3.8, 4) is 0 Å². The molecule has 0 aromatic heterocycles. The molecule has 2 nitrogen and oxygen atoms in total. The molecule has 0 spiro atoms. The van der Waals surface area contributed by atoms with Gasteiger partial charge in [0.25, 0.3) is 0 Å². The Balaban J connectivity index is 1.93. The van der Waals surface area contributed by atoms with Crippen molar-refractivity contribution < 1.29 is 0 Å². The summed E-state index contributed by atoms with van der Waals surface area (Å²) in [5, 5.41) is 4.02. The van der Waals surface area contributed by atoms with Crippen molar-refractivity contribution in [1.82, 2.24) is 4.90 Å². The standard InChI is InChI=1S/C10H11ClN2S2/c11-8-3-1-2-4-9(8)12-7-13-5-6-15-10(13)14/h1-4,12H,5-7H2. The largest absolute Gasteiger partial charge is 0.367 e. The van der Waals surface area contributed by atoms with Gasteiger partial charge < -0.3 is 10.2 Å². The van der Waals surface area contributed by atoms with Gasteiger partial charge in [0.15, 0.2) is 0 Å². The van der Waals surface area contributed by atoms with Gasteiger partial charge in [-0.15, -0.1) is 0 Å². The van der Waals surface area contributed by atoms with Gasteiger partial charge >= 0.3 is 0 Å². The Bertz CT molecular complexity index is 370. The third-order valence-electron chi connectivity index (χ3n) is 2.18. The summed E-state index contributed by atoms with van der Waals surface area (Å²) in [6, 6.07) is 7.73. The minimum absolute atomic E-state index is 0.732. The van der Waals surface area contributed by atoms with Crippen molar-refractivity contribution in [1.29, 1.82) is 0 Å². The fraction of sp³-hybridized carbons (Fsp3) is 0.300. The summed E-state index contributed by atoms with van der Waals surface area (Å²) in [5.41, 5.74) is 0.957. The highest BCUT2D eigenvalue weighted by atomic mass is 35.5. The third-order valence-corrected chi connectivity index (χ3v) is 4.01. The second kappa shape index (κ2) is 5.05. The molecule has 0 atom stereocenters. The lowest BCUT2D eigenvalue weighted by molar-refractivity contribution is 0.502. The van der Waals surface area contributed by atoms with Gasteiger partial charge in [0.2, 0.25) is 0 Å². The van der Waals surface area contributed by atoms with Crippen LogP contribution in [0.5, 0.6) is 0 Å². The topological polar surface area (TPSA) is 15.3 Å². The van der Waals surface area contributed by atoms with Crippen LogP contribution in [0.25, 0.3) is 0 Å². The number of rotatable bonds is 3. The van der Waals surface area contributed by atoms with E-state index in [0.29, 0.717) is 0 Å². The van der Waals surface area contributed by atoms with Gasteiger partial charge in [-0.25, -0.2) is 0 Å². The molecule has 2 rings (SSSR count). The Morgan fingerprint density at radius 2 is 2.27 bits per heavy atom. The van der Waals surface area contributed by atoms with Gasteiger partial charge in [0, 0.05) is 12.3 Å². The van der Waals surface area contributed by atoms with Crippen LogP contribution in [0.4, 0.5) is 5.69 Å². The van der Waals surface area contributed by atoms with Gasteiger partial charge in [-0.2, -0.15) is 0 Å². The number of anilines is 1. The molecule has 15 heavy (non-hydrogen) atoms. The fourth-order valence-corrected chi connectivity index (χ4v) is 2.79. The Hall–Kier alpha value is -0.450. The number of para-hydroxylation sites is 1. The predicted molar refractivity (Wildman–Crippen MR) is 71.7 cm³/mol. The van der Waals surface area contributed by atoms with E-state index in [-0.39, 0.29) is 0 Å². The van der Waals surface area contributed by atoms with Crippen molar-refractivity contribution >= 4 is 45.6 Å². The normalized spacial score (nSPS) is 15.8. The summed E-state index contributed by atoms with van der Waals surface area (Å²) >= 11 is 13.0. The number of thioether (sulfide) groups is 1. The summed E-state index contributed by atoms with van der Waals surface area (Å²) in [4.78, 5) is 2.14. The van der Waals surface area contributed by atoms with Crippen LogP contribution in [-0.2, 0) is 0 Å². The van der Waals surface area contributed by atoms with E-state index in [0.717, 1.165) is 34.0 Å². The average molecular weight is 259 g/mol. The third kappa shape index (κ3) is 2.77. The van der Waals surface area contributed by atoms with Gasteiger partial charge in [-0.3, -0.25) is 0 Å². The van der Waals surface area contributed by atoms with Crippen LogP contribution in [0, 0.1) is 0 Å². The monoisotopic (exact) mass is 258 g/mol. The maximum Gasteiger partial charge on any atom is 0.137 e. The molecule has 0 radical (unpaired) electrons. The molecule has 80 valence electrons. The van der Waals surface area contributed by atoms with E-state index in [9.17, 15) is 0 Å². The second-order valence-corrected chi connectivity index (χ2v) is 5.33. The predicted octanol–water partition coefficient (Wildman–Crippen LogP) is 3.04. The van der Waals surface area contributed by atoms with E-state index in [4.69, 9.17) is 23.8 Å². The minimum Gasteiger partial charge on any atom is -0.367 e. The Morgan fingerprint density at radius 1 is 1.47 bits per heavy atom. The number of nitrogens with one attached hydrogen (secondary N) is 1. The molecule has 0 unspecified atom stereocenters. The molecule has 0 saturated carbocycles. The minimum atomic E-state index is 0.732. The maximum absolute atomic E-state index is 6.03. The van der Waals surface area contributed by atoms with E-state index in [1.807, 2.05) is 24.3 Å². The van der Waals surface area contributed by atoms with E-state index >= 15 is 0 Å². The van der Waals surface area contributed by atoms with Gasteiger partial charge in [-0.1, -0.05) is 47.7 Å². The molecule has 1 aromatic carbocycles. The van der Waals surface area contributed by atoms with Crippen LogP contribution in [0.2, 0.25) is 5.02 Å². The summed E-state index contributed by atoms with van der Waals surface area (Å²) < 4.78 is 0.967. The SMILES string of the molecule is S=C1SCCN1CNc1ccccc1Cl. The number of hydrogen-bond donors (Lipinski definition) is 1. The van der Waals surface area contributed by atoms with E-state index in [2.05, 4.69) is 10.2 Å². The smallest absolute Gasteiger partial charge is 0.137 e. The van der Waals surface area contributed by atoms with Gasteiger partial charge in [-0.05, 0) is 12.1 Å². The molecule has 0 aliphatic carbocycles. The first-order valence-corrected chi connectivity index (χ1v) is 6.44. The van der Waals surface area contributed by atoms with Crippen LogP contribution >= 0.6 is 35.6 Å². The molecule has 1 heterocycles. The van der Waals surface area contributed by atoms with Crippen molar-refractivity contribution in [2.24, 2.45) is 0 Å². The molecule has 1 aromatic rings. The lowest BCUT2D eigenvalue weighted by Gasteiger charge is -2.18. The molecule has 1 aliphatic rings. The number of thiocarbonyl (C=S) groups is 1. The van der Waals surface area contributed by atoms with Crippen molar-refractivity contribution in [2.75, 3.05) is 24.3 Å². The highest BCUT2D eigenvalue weighted by molar-refractivity contribution is 8.23. The molecule has 0 bridgehead atoms. The van der Waals surface area contributed by atoms with E-state index in [1.54, 1.807) is 11.8 Å². The number of halogens is 1. The zero-order valence-electron chi connectivity index (χ0n) is 8.07. The molecule has 1 N–H and O–H groups in total. The summed E-state index contributed by atoms with van der Waals surface area (Å²) in [5.74, 6) is 1.09. The Labute approximate surface area is 104 Å². The molecule has 1 saturated heterocycles. The first kappa shape index (κ1) is 11.0. The molecule has 5 heteroatoms. The molecule has 0 amide bonds. The highest BCUT2D eigenvalue weighted by Gasteiger charge is 2.16. The highest BCUT2D eigenvalue weighted by Crippen LogP contribution is 2.22. The van der Waals surface area contributed by atoms with Gasteiger partial charge in [0.05, 0.1) is 17.4 Å². The molecule has 1 fully saturated rings. The molecular formula is C10H11ClN2S2. The van der Waals surface area contributed by atoms with E-state index < -0.39 is 0 Å². The van der Waals surface area contributed by atoms with Crippen LogP contribution in [0.1, 0.15) is 0 Å². The summed E-state index contributed by atoms with van der Waals surface area (Å²) in [6.45, 7) is 1.75. The Morgan fingerprint density at radius 3 is 2.93 bits per heavy atom. The quantitative estimate of drug-likeness (QED) is 0.838. The number of hydrogen-bond acceptors (Lipinski definition) is 3. The number of nitrogens with zero attached hydrogens (tertiary/aromatic N) is 1. The Kier molecular flexibility index (Phi) is 3.72. The molecule has 1 aliphatic heterocycles. The second-order valence-electron chi connectivity index (χ2n) is 3.19. The van der Waals surface area contributed by atoms with Crippen molar-refractivity contribution in [3.63, 3.8) is 0 Å². The van der Waals surface area contributed by atoms with Gasteiger partial charge in [0.1, 0.15) is 4.32 Å². The lowest BCUT2D eigenvalue weighted by atomic mass is 10.3. The van der Waals surface area contributed by atoms with Crippen LogP contribution < -0.4 is 5.32 Å². The summed E-state index contributed by atoms with van der Waals surface area (Å²) in [6.07, 6.45) is 0. The summed E-state index contributed by atoms with van der Waals surface area (Å²) in [7, 11) is 0. The first-order valence-electron chi connectivity index (χ1n) is 4.67. The average Bonchev–Trinajstić information content (AvgIpc) is 2.63. The van der Waals surface area contributed by atoms with Crippen LogP contribution in [0.3, 0.4) is 0 Å². The molecular weight excluding hydrogens is 248 g/mol. The van der Waals surface area contributed by atoms with E-state index in [1.165, 1.54) is 0 Å². The van der Waals surface area contributed by atoms with Crippen molar-refractivity contribution in [3.05, 3.63) is 29.3 Å². The van der Waals surface area contributed by atoms with Crippen molar-refractivity contribution in [2.45, 2.75) is 0 Å². The maximum atomic E-state index is 6.03. The number of benzene rings is 1. The fourth-order valence-electron chi connectivity index (χ4n) is 1.35. The van der Waals surface area contributed by atoms with Crippen LogP contribution in [0.15, 0.2) is 24.3 Å². The lowest BCUT2D eigenvalue weighted by Crippen LogP contribution is -2.29. The van der Waals surface area contributed by atoms with Crippen LogP contribution in [-0.4, -0.2) is 28.2 Å².